The van der Waals surface area contributed by atoms with Gasteiger partial charge in [0, 0.05) is 23.5 Å². The summed E-state index contributed by atoms with van der Waals surface area (Å²) >= 11 is 0. The number of carbonyl (C=O) groups excluding carboxylic acids is 2. The van der Waals surface area contributed by atoms with Crippen LogP contribution in [0, 0.1) is 13.8 Å². The van der Waals surface area contributed by atoms with Crippen LogP contribution in [0.25, 0.3) is 10.9 Å². The largest absolute Gasteiger partial charge is 0.465 e. The number of nitrogens with zero attached hydrogens (tertiary/aromatic N) is 3. The molecule has 0 spiro atoms. The maximum absolute atomic E-state index is 12.7. The normalized spacial score (nSPS) is 11.0. The van der Waals surface area contributed by atoms with Gasteiger partial charge in [-0.2, -0.15) is 0 Å². The summed E-state index contributed by atoms with van der Waals surface area (Å²) in [5.74, 6) is -0.637. The van der Waals surface area contributed by atoms with E-state index in [0.29, 0.717) is 22.0 Å². The van der Waals surface area contributed by atoms with Crippen molar-refractivity contribution in [2.75, 3.05) is 7.11 Å². The van der Waals surface area contributed by atoms with Crippen molar-refractivity contribution < 1.29 is 14.3 Å². The molecule has 0 aliphatic rings. The van der Waals surface area contributed by atoms with Gasteiger partial charge < -0.3 is 9.30 Å². The van der Waals surface area contributed by atoms with Gasteiger partial charge >= 0.3 is 5.97 Å². The number of rotatable bonds is 5. The zero-order valence-corrected chi connectivity index (χ0v) is 15.8. The highest BCUT2D eigenvalue weighted by Crippen LogP contribution is 2.16. The minimum Gasteiger partial charge on any atom is -0.465 e. The molecule has 0 N–H and O–H groups in total. The quantitative estimate of drug-likeness (QED) is 0.511. The molecule has 2 heterocycles. The second-order valence-corrected chi connectivity index (χ2v) is 6.35. The summed E-state index contributed by atoms with van der Waals surface area (Å²) in [7, 11) is 1.29. The van der Waals surface area contributed by atoms with Crippen molar-refractivity contribution >= 4 is 22.7 Å². The minimum atomic E-state index is -0.496. The number of methoxy groups -OCH3 is 1. The lowest BCUT2D eigenvalue weighted by Gasteiger charge is -2.08. The van der Waals surface area contributed by atoms with Crippen LogP contribution in [-0.4, -0.2) is 33.0 Å². The summed E-state index contributed by atoms with van der Waals surface area (Å²) in [6.45, 7) is 6.57. The number of ketones is 1. The van der Waals surface area contributed by atoms with E-state index in [9.17, 15) is 14.4 Å². The zero-order chi connectivity index (χ0) is 19.7. The average molecular weight is 367 g/mol. The molecule has 3 rings (SSSR count). The van der Waals surface area contributed by atoms with Crippen molar-refractivity contribution in [2.45, 2.75) is 33.9 Å². The van der Waals surface area contributed by atoms with Crippen molar-refractivity contribution in [3.63, 3.8) is 0 Å². The summed E-state index contributed by atoms with van der Waals surface area (Å²) in [6.07, 6.45) is 1.34. The van der Waals surface area contributed by atoms with E-state index < -0.39 is 5.97 Å². The van der Waals surface area contributed by atoms with Gasteiger partial charge in [-0.25, -0.2) is 9.78 Å². The van der Waals surface area contributed by atoms with E-state index in [1.807, 2.05) is 26.8 Å². The highest BCUT2D eigenvalue weighted by atomic mass is 16.5. The smallest absolute Gasteiger partial charge is 0.337 e. The molecule has 0 unspecified atom stereocenters. The second-order valence-electron chi connectivity index (χ2n) is 6.35. The van der Waals surface area contributed by atoms with Gasteiger partial charge in [0.1, 0.15) is 0 Å². The number of esters is 1. The van der Waals surface area contributed by atoms with E-state index >= 15 is 0 Å². The second kappa shape index (κ2) is 7.19. The van der Waals surface area contributed by atoms with Crippen LogP contribution < -0.4 is 5.56 Å². The number of hydrogen-bond donors (Lipinski definition) is 0. The third-order valence-corrected chi connectivity index (χ3v) is 4.75. The molecular weight excluding hydrogens is 346 g/mol. The molecule has 27 heavy (non-hydrogen) atoms. The van der Waals surface area contributed by atoms with Gasteiger partial charge in [-0.15, -0.1) is 0 Å². The summed E-state index contributed by atoms with van der Waals surface area (Å²) in [5, 5.41) is 0.344. The van der Waals surface area contributed by atoms with Crippen LogP contribution in [0.5, 0.6) is 0 Å². The number of fused-ring (bicyclic) bond motifs is 1. The summed E-state index contributed by atoms with van der Waals surface area (Å²) < 4.78 is 8.03. The van der Waals surface area contributed by atoms with Crippen LogP contribution in [0.15, 0.2) is 35.4 Å². The molecular formula is C20H21N3O4. The van der Waals surface area contributed by atoms with Crippen molar-refractivity contribution in [3.05, 3.63) is 63.5 Å². The molecule has 0 radical (unpaired) electrons. The number of Topliss-reactive ketones (excluding diaryl/α,β-unsaturated/α-hetero) is 1. The number of aryl methyl sites for hydroxylation is 1. The highest BCUT2D eigenvalue weighted by molar-refractivity contribution is 5.97. The summed E-state index contributed by atoms with van der Waals surface area (Å²) in [4.78, 5) is 41.3. The van der Waals surface area contributed by atoms with E-state index in [-0.39, 0.29) is 17.9 Å². The van der Waals surface area contributed by atoms with Crippen molar-refractivity contribution in [2.24, 2.45) is 0 Å². The molecule has 0 fully saturated rings. The zero-order valence-electron chi connectivity index (χ0n) is 15.8. The Morgan fingerprint density at radius 3 is 2.56 bits per heavy atom. The molecule has 0 amide bonds. The van der Waals surface area contributed by atoms with Crippen LogP contribution >= 0.6 is 0 Å². The summed E-state index contributed by atoms with van der Waals surface area (Å²) in [6, 6.07) is 6.39. The van der Waals surface area contributed by atoms with Crippen molar-refractivity contribution in [3.8, 4) is 0 Å². The molecule has 7 nitrogen and oxygen atoms in total. The predicted octanol–water partition coefficient (Wildman–Crippen LogP) is 2.50. The molecule has 0 saturated carbocycles. The maximum Gasteiger partial charge on any atom is 0.337 e. The molecule has 3 aromatic rings. The molecule has 1 aromatic carbocycles. The third kappa shape index (κ3) is 3.28. The first kappa shape index (κ1) is 18.6. The van der Waals surface area contributed by atoms with Gasteiger partial charge in [-0.3, -0.25) is 14.2 Å². The summed E-state index contributed by atoms with van der Waals surface area (Å²) in [5.41, 5.74) is 2.90. The van der Waals surface area contributed by atoms with Gasteiger partial charge in [-0.1, -0.05) is 0 Å². The van der Waals surface area contributed by atoms with Crippen LogP contribution in [0.4, 0.5) is 0 Å². The van der Waals surface area contributed by atoms with Gasteiger partial charge in [-0.05, 0) is 45.0 Å². The van der Waals surface area contributed by atoms with Crippen molar-refractivity contribution in [1.29, 1.82) is 0 Å². The fourth-order valence-corrected chi connectivity index (χ4v) is 3.33. The number of benzene rings is 1. The van der Waals surface area contributed by atoms with Gasteiger partial charge in [0.25, 0.3) is 5.56 Å². The molecule has 0 aliphatic carbocycles. The van der Waals surface area contributed by atoms with E-state index in [0.717, 1.165) is 17.9 Å². The fraction of sp³-hybridized carbons (Fsp3) is 0.300. The molecule has 0 atom stereocenters. The Balaban J connectivity index is 1.96. The monoisotopic (exact) mass is 367 g/mol. The topological polar surface area (TPSA) is 83.2 Å². The van der Waals surface area contributed by atoms with Crippen LogP contribution in [0.1, 0.15) is 39.0 Å². The molecule has 7 heteroatoms. The Kier molecular flexibility index (Phi) is 4.94. The van der Waals surface area contributed by atoms with E-state index in [1.165, 1.54) is 36.2 Å². The predicted molar refractivity (Wildman–Crippen MR) is 101 cm³/mol. The van der Waals surface area contributed by atoms with E-state index in [2.05, 4.69) is 14.3 Å². The SMILES string of the molecule is CCn1c(C)cc(C(=O)Cn2cnc3cc(C(=O)OC)ccc3c2=O)c1C. The lowest BCUT2D eigenvalue weighted by atomic mass is 10.1. The Labute approximate surface area is 156 Å². The first-order valence-corrected chi connectivity index (χ1v) is 8.64. The average Bonchev–Trinajstić information content (AvgIpc) is 2.96. The van der Waals surface area contributed by atoms with Crippen molar-refractivity contribution in [1.82, 2.24) is 14.1 Å². The lowest BCUT2D eigenvalue weighted by molar-refractivity contribution is 0.0600. The maximum atomic E-state index is 12.7. The number of carbonyl (C=O) groups is 2. The minimum absolute atomic E-state index is 0.0888. The fourth-order valence-electron chi connectivity index (χ4n) is 3.33. The number of ether oxygens (including phenoxy) is 1. The standard InChI is InChI=1S/C20H21N3O4/c1-5-23-12(2)8-16(13(23)3)18(24)10-22-11-21-17-9-14(20(26)27-4)6-7-15(17)19(22)25/h6-9,11H,5,10H2,1-4H3. The Morgan fingerprint density at radius 1 is 1.19 bits per heavy atom. The van der Waals surface area contributed by atoms with Gasteiger partial charge in [0.05, 0.1) is 36.4 Å². The Hall–Kier alpha value is -3.22. The van der Waals surface area contributed by atoms with Crippen LogP contribution in [0.2, 0.25) is 0 Å². The van der Waals surface area contributed by atoms with Crippen LogP contribution in [0.3, 0.4) is 0 Å². The first-order chi connectivity index (χ1) is 12.9. The molecule has 140 valence electrons. The molecule has 2 aromatic heterocycles. The first-order valence-electron chi connectivity index (χ1n) is 8.64. The Morgan fingerprint density at radius 2 is 1.93 bits per heavy atom. The Bertz CT molecular complexity index is 1110. The molecule has 0 aliphatic heterocycles. The molecule has 0 bridgehead atoms. The number of aromatic nitrogens is 3. The van der Waals surface area contributed by atoms with Gasteiger partial charge in [0.2, 0.25) is 0 Å². The van der Waals surface area contributed by atoms with E-state index in [4.69, 9.17) is 0 Å². The lowest BCUT2D eigenvalue weighted by Crippen LogP contribution is -2.25. The van der Waals surface area contributed by atoms with Crippen LogP contribution in [-0.2, 0) is 17.8 Å². The van der Waals surface area contributed by atoms with Gasteiger partial charge in [0.15, 0.2) is 5.78 Å². The highest BCUT2D eigenvalue weighted by Gasteiger charge is 2.17. The van der Waals surface area contributed by atoms with E-state index in [1.54, 1.807) is 0 Å². The third-order valence-electron chi connectivity index (χ3n) is 4.75. The number of hydrogen-bond acceptors (Lipinski definition) is 5. The molecule has 0 saturated heterocycles.